The second-order valence-electron chi connectivity index (χ2n) is 5.18. The van der Waals surface area contributed by atoms with Crippen LogP contribution in [0.25, 0.3) is 0 Å². The van der Waals surface area contributed by atoms with Crippen molar-refractivity contribution in [2.45, 2.75) is 18.9 Å². The lowest BCUT2D eigenvalue weighted by Crippen LogP contribution is -2.36. The van der Waals surface area contributed by atoms with Gasteiger partial charge in [0, 0.05) is 14.2 Å². The Balaban J connectivity index is 2.25. The summed E-state index contributed by atoms with van der Waals surface area (Å²) in [5.74, 6) is -1.01. The van der Waals surface area contributed by atoms with E-state index >= 15 is 0 Å². The maximum Gasteiger partial charge on any atom is 0.337 e. The van der Waals surface area contributed by atoms with Crippen molar-refractivity contribution in [2.24, 2.45) is 5.92 Å². The zero-order valence-electron chi connectivity index (χ0n) is 12.0. The fourth-order valence-electron chi connectivity index (χ4n) is 2.26. The molecule has 1 aliphatic carbocycles. The molecule has 116 valence electrons. The number of benzene rings is 1. The molecule has 21 heavy (non-hydrogen) atoms. The Bertz CT molecular complexity index is 624. The molecule has 6 nitrogen and oxygen atoms in total. The summed E-state index contributed by atoms with van der Waals surface area (Å²) in [7, 11) is -0.765. The predicted octanol–water partition coefficient (Wildman–Crippen LogP) is 1.58. The van der Waals surface area contributed by atoms with Gasteiger partial charge >= 0.3 is 5.97 Å². The van der Waals surface area contributed by atoms with Gasteiger partial charge < -0.3 is 9.84 Å². The lowest BCUT2D eigenvalue weighted by Gasteiger charge is -2.24. The highest BCUT2D eigenvalue weighted by Crippen LogP contribution is 2.35. The number of anilines is 1. The zero-order valence-corrected chi connectivity index (χ0v) is 12.8. The van der Waals surface area contributed by atoms with E-state index in [0.29, 0.717) is 0 Å². The number of rotatable bonds is 7. The van der Waals surface area contributed by atoms with E-state index in [1.807, 2.05) is 0 Å². The summed E-state index contributed by atoms with van der Waals surface area (Å²) >= 11 is 0. The highest BCUT2D eigenvalue weighted by atomic mass is 32.2. The summed E-state index contributed by atoms with van der Waals surface area (Å²) in [5, 5.41) is 9.16. The topological polar surface area (TPSA) is 83.9 Å². The number of ether oxygens (including phenoxy) is 1. The van der Waals surface area contributed by atoms with Gasteiger partial charge in [0.2, 0.25) is 10.0 Å². The Hall–Kier alpha value is -1.60. The highest BCUT2D eigenvalue weighted by Gasteiger charge is 2.36. The molecular weight excluding hydrogens is 294 g/mol. The van der Waals surface area contributed by atoms with Gasteiger partial charge in [-0.05, 0) is 30.9 Å². The molecule has 0 radical (unpaired) electrons. The Morgan fingerprint density at radius 2 is 2.05 bits per heavy atom. The van der Waals surface area contributed by atoms with Crippen LogP contribution in [0.4, 0.5) is 5.69 Å². The van der Waals surface area contributed by atoms with E-state index in [-0.39, 0.29) is 29.0 Å². The van der Waals surface area contributed by atoms with Gasteiger partial charge in [-0.1, -0.05) is 12.1 Å². The van der Waals surface area contributed by atoms with Crippen LogP contribution < -0.4 is 4.31 Å². The van der Waals surface area contributed by atoms with Crippen LogP contribution in [0.1, 0.15) is 23.2 Å². The fraction of sp³-hybridized carbons (Fsp3) is 0.500. The van der Waals surface area contributed by atoms with Gasteiger partial charge in [-0.2, -0.15) is 0 Å². The summed E-state index contributed by atoms with van der Waals surface area (Å²) in [5.41, 5.74) is 0.125. The lowest BCUT2D eigenvalue weighted by molar-refractivity contribution is 0.0698. The largest absolute Gasteiger partial charge is 0.478 e. The average molecular weight is 313 g/mol. The smallest absolute Gasteiger partial charge is 0.337 e. The monoisotopic (exact) mass is 313 g/mol. The number of methoxy groups -OCH3 is 1. The molecule has 0 aliphatic heterocycles. The quantitative estimate of drug-likeness (QED) is 0.826. The summed E-state index contributed by atoms with van der Waals surface area (Å²) in [6, 6.07) is 6.05. The molecule has 1 aromatic carbocycles. The Morgan fingerprint density at radius 3 is 2.57 bits per heavy atom. The third-order valence-corrected chi connectivity index (χ3v) is 5.50. The normalized spacial score (nSPS) is 16.5. The SMILES string of the molecule is COC(CS(=O)(=O)N(C)c1ccccc1C(=O)O)C1CC1. The van der Waals surface area contributed by atoms with Crippen molar-refractivity contribution in [1.82, 2.24) is 0 Å². The highest BCUT2D eigenvalue weighted by molar-refractivity contribution is 7.92. The molecule has 0 bridgehead atoms. The van der Waals surface area contributed by atoms with Crippen molar-refractivity contribution in [3.05, 3.63) is 29.8 Å². The van der Waals surface area contributed by atoms with Crippen LogP contribution in [0.15, 0.2) is 24.3 Å². The minimum Gasteiger partial charge on any atom is -0.478 e. The second-order valence-corrected chi connectivity index (χ2v) is 7.22. The second kappa shape index (κ2) is 6.03. The van der Waals surface area contributed by atoms with E-state index in [0.717, 1.165) is 17.1 Å². The number of sulfonamides is 1. The van der Waals surface area contributed by atoms with Crippen LogP contribution in [-0.4, -0.2) is 45.5 Å². The number of nitrogens with zero attached hydrogens (tertiary/aromatic N) is 1. The van der Waals surface area contributed by atoms with Crippen molar-refractivity contribution >= 4 is 21.7 Å². The zero-order chi connectivity index (χ0) is 15.6. The van der Waals surface area contributed by atoms with E-state index in [9.17, 15) is 13.2 Å². The lowest BCUT2D eigenvalue weighted by atomic mass is 10.2. The summed E-state index contributed by atoms with van der Waals surface area (Å²) in [6.45, 7) is 0. The molecule has 1 N–H and O–H groups in total. The molecule has 1 aliphatic rings. The third-order valence-electron chi connectivity index (χ3n) is 3.72. The van der Waals surface area contributed by atoms with E-state index < -0.39 is 16.0 Å². The molecule has 0 heterocycles. The Morgan fingerprint density at radius 1 is 1.43 bits per heavy atom. The molecule has 1 aromatic rings. The van der Waals surface area contributed by atoms with Gasteiger partial charge in [-0.25, -0.2) is 13.2 Å². The van der Waals surface area contributed by atoms with Crippen molar-refractivity contribution in [2.75, 3.05) is 24.2 Å². The number of carboxylic acid groups (broad SMARTS) is 1. The van der Waals surface area contributed by atoms with Gasteiger partial charge in [0.05, 0.1) is 23.1 Å². The number of carboxylic acids is 1. The number of carbonyl (C=O) groups is 1. The molecule has 1 fully saturated rings. The molecule has 1 unspecified atom stereocenters. The standard InChI is InChI=1S/C14H19NO5S/c1-15(12-6-4-3-5-11(12)14(16)17)21(18,19)9-13(20-2)10-7-8-10/h3-6,10,13H,7-9H2,1-2H3,(H,16,17). The molecule has 7 heteroatoms. The van der Waals surface area contributed by atoms with Crippen molar-refractivity contribution in [3.8, 4) is 0 Å². The third kappa shape index (κ3) is 3.54. The van der Waals surface area contributed by atoms with Crippen molar-refractivity contribution in [1.29, 1.82) is 0 Å². The van der Waals surface area contributed by atoms with Crippen LogP contribution in [0, 0.1) is 5.92 Å². The first-order chi connectivity index (χ1) is 9.86. The molecule has 1 saturated carbocycles. The molecule has 1 atom stereocenters. The van der Waals surface area contributed by atoms with Gasteiger partial charge in [0.25, 0.3) is 0 Å². The number of hydrogen-bond acceptors (Lipinski definition) is 4. The number of para-hydroxylation sites is 1. The first-order valence-corrected chi connectivity index (χ1v) is 8.29. The van der Waals surface area contributed by atoms with Crippen molar-refractivity contribution < 1.29 is 23.1 Å². The van der Waals surface area contributed by atoms with Crippen LogP contribution in [0.5, 0.6) is 0 Å². The Labute approximate surface area is 124 Å². The van der Waals surface area contributed by atoms with E-state index in [2.05, 4.69) is 0 Å². The molecular formula is C14H19NO5S. The summed E-state index contributed by atoms with van der Waals surface area (Å²) in [4.78, 5) is 11.2. The van der Waals surface area contributed by atoms with Gasteiger partial charge in [0.1, 0.15) is 0 Å². The molecule has 2 rings (SSSR count). The fourth-order valence-corrected chi connectivity index (χ4v) is 3.77. The van der Waals surface area contributed by atoms with E-state index in [1.165, 1.54) is 26.3 Å². The summed E-state index contributed by atoms with van der Waals surface area (Å²) < 4.78 is 31.2. The van der Waals surface area contributed by atoms with Crippen molar-refractivity contribution in [3.63, 3.8) is 0 Å². The molecule has 0 spiro atoms. The first-order valence-electron chi connectivity index (χ1n) is 6.68. The number of aromatic carboxylic acids is 1. The number of hydrogen-bond donors (Lipinski definition) is 1. The maximum absolute atomic E-state index is 12.5. The molecule has 0 aromatic heterocycles. The van der Waals surface area contributed by atoms with Crippen LogP contribution in [0.3, 0.4) is 0 Å². The van der Waals surface area contributed by atoms with Gasteiger partial charge in [0.15, 0.2) is 0 Å². The van der Waals surface area contributed by atoms with E-state index in [4.69, 9.17) is 9.84 Å². The minimum atomic E-state index is -3.64. The summed E-state index contributed by atoms with van der Waals surface area (Å²) in [6.07, 6.45) is 1.61. The van der Waals surface area contributed by atoms with Crippen LogP contribution in [-0.2, 0) is 14.8 Å². The predicted molar refractivity (Wildman–Crippen MR) is 79.1 cm³/mol. The first kappa shape index (κ1) is 15.8. The maximum atomic E-state index is 12.5. The molecule has 0 amide bonds. The van der Waals surface area contributed by atoms with Gasteiger partial charge in [-0.15, -0.1) is 0 Å². The minimum absolute atomic E-state index is 0.0380. The van der Waals surface area contributed by atoms with Gasteiger partial charge in [-0.3, -0.25) is 4.31 Å². The van der Waals surface area contributed by atoms with E-state index in [1.54, 1.807) is 12.1 Å². The van der Waals surface area contributed by atoms with Crippen LogP contribution in [0.2, 0.25) is 0 Å². The average Bonchev–Trinajstić information content (AvgIpc) is 3.28. The van der Waals surface area contributed by atoms with Crippen LogP contribution >= 0.6 is 0 Å². The molecule has 0 saturated heterocycles. The Kier molecular flexibility index (Phi) is 4.53.